The van der Waals surface area contributed by atoms with Gasteiger partial charge in [0.25, 0.3) is 0 Å². The van der Waals surface area contributed by atoms with E-state index in [1.165, 1.54) is 7.11 Å². The van der Waals surface area contributed by atoms with Crippen molar-refractivity contribution in [2.75, 3.05) is 20.2 Å². The van der Waals surface area contributed by atoms with Crippen molar-refractivity contribution in [2.24, 2.45) is 0 Å². The summed E-state index contributed by atoms with van der Waals surface area (Å²) in [7, 11) is 1.31. The summed E-state index contributed by atoms with van der Waals surface area (Å²) in [5.41, 5.74) is -0.589. The van der Waals surface area contributed by atoms with Crippen LogP contribution in [0.15, 0.2) is 0 Å². The molecule has 1 heterocycles. The number of nitrogens with zero attached hydrogens (tertiary/aromatic N) is 1. The number of hydrogen-bond donors (Lipinski definition) is 0. The van der Waals surface area contributed by atoms with Gasteiger partial charge in [-0.05, 0) is 40.0 Å². The average Bonchev–Trinajstić information content (AvgIpc) is 2.26. The van der Waals surface area contributed by atoms with Gasteiger partial charge in [-0.2, -0.15) is 9.59 Å². The number of imide groups is 1. The second kappa shape index (κ2) is 5.04. The van der Waals surface area contributed by atoms with Crippen LogP contribution < -0.4 is 0 Å². The monoisotopic (exact) mass is 244 g/mol. The van der Waals surface area contributed by atoms with E-state index in [0.29, 0.717) is 13.1 Å². The standard InChI is InChI=1S/C12H22NO4/c1-12(2,3)17-11(15)13(10(14)16-4)8-6-5-7-9-13/h5-9H2,1-4H3/q+1. The smallest absolute Gasteiger partial charge is 0.423 e. The Bertz CT molecular complexity index is 300. The number of carbonyl (C=O) groups excluding carboxylic acids is 2. The molecule has 17 heavy (non-hydrogen) atoms. The van der Waals surface area contributed by atoms with Crippen LogP contribution in [0.1, 0.15) is 40.0 Å². The molecule has 1 fully saturated rings. The van der Waals surface area contributed by atoms with Crippen LogP contribution in [0, 0.1) is 0 Å². The molecule has 5 heteroatoms. The molecule has 1 aliphatic heterocycles. The van der Waals surface area contributed by atoms with Gasteiger partial charge in [0.2, 0.25) is 0 Å². The molecule has 0 spiro atoms. The van der Waals surface area contributed by atoms with Gasteiger partial charge in [0.15, 0.2) is 0 Å². The van der Waals surface area contributed by atoms with Gasteiger partial charge in [0.1, 0.15) is 5.60 Å². The molecule has 5 nitrogen and oxygen atoms in total. The molecule has 1 aliphatic rings. The molecule has 0 atom stereocenters. The number of amides is 2. The molecule has 0 aliphatic carbocycles. The number of carbonyl (C=O) groups is 2. The topological polar surface area (TPSA) is 52.6 Å². The highest BCUT2D eigenvalue weighted by atomic mass is 16.6. The highest BCUT2D eigenvalue weighted by Crippen LogP contribution is 2.24. The van der Waals surface area contributed by atoms with Gasteiger partial charge in [-0.1, -0.05) is 0 Å². The molecular formula is C12H22NO4+. The summed E-state index contributed by atoms with van der Waals surface area (Å²) >= 11 is 0. The molecule has 1 rings (SSSR count). The van der Waals surface area contributed by atoms with Gasteiger partial charge < -0.3 is 9.47 Å². The molecule has 0 radical (unpaired) electrons. The maximum Gasteiger partial charge on any atom is 0.527 e. The third-order valence-electron chi connectivity index (χ3n) is 2.85. The average molecular weight is 244 g/mol. The lowest BCUT2D eigenvalue weighted by molar-refractivity contribution is -0.792. The van der Waals surface area contributed by atoms with E-state index in [2.05, 4.69) is 0 Å². The van der Waals surface area contributed by atoms with E-state index in [-0.39, 0.29) is 4.48 Å². The summed E-state index contributed by atoms with van der Waals surface area (Å²) < 4.78 is 9.77. The number of likely N-dealkylation sites (tertiary alicyclic amines) is 1. The van der Waals surface area contributed by atoms with Gasteiger partial charge >= 0.3 is 12.2 Å². The summed E-state index contributed by atoms with van der Waals surface area (Å²) in [5, 5.41) is 0. The van der Waals surface area contributed by atoms with E-state index in [4.69, 9.17) is 9.47 Å². The molecule has 0 aromatic carbocycles. The van der Waals surface area contributed by atoms with Crippen LogP contribution in [0.25, 0.3) is 0 Å². The largest absolute Gasteiger partial charge is 0.527 e. The highest BCUT2D eigenvalue weighted by Gasteiger charge is 2.50. The Morgan fingerprint density at radius 1 is 1.00 bits per heavy atom. The Morgan fingerprint density at radius 2 is 1.53 bits per heavy atom. The minimum atomic E-state index is -0.589. The fourth-order valence-electron chi connectivity index (χ4n) is 2.02. The third kappa shape index (κ3) is 3.19. The third-order valence-corrected chi connectivity index (χ3v) is 2.85. The second-order valence-corrected chi connectivity index (χ2v) is 5.43. The van der Waals surface area contributed by atoms with Crippen molar-refractivity contribution < 1.29 is 23.5 Å². The first-order valence-corrected chi connectivity index (χ1v) is 6.01. The summed E-state index contributed by atoms with van der Waals surface area (Å²) in [6, 6.07) is 0. The van der Waals surface area contributed by atoms with Crippen molar-refractivity contribution in [2.45, 2.75) is 45.6 Å². The zero-order chi connectivity index (χ0) is 13.1. The summed E-state index contributed by atoms with van der Waals surface area (Å²) in [4.78, 5) is 24.1. The number of hydrogen-bond acceptors (Lipinski definition) is 4. The molecule has 0 aromatic heterocycles. The lowest BCUT2D eigenvalue weighted by Gasteiger charge is -2.34. The number of quaternary nitrogens is 1. The van der Waals surface area contributed by atoms with Crippen molar-refractivity contribution >= 4 is 12.2 Å². The summed E-state index contributed by atoms with van der Waals surface area (Å²) in [5.74, 6) is 0. The molecule has 0 aromatic rings. The van der Waals surface area contributed by atoms with E-state index in [9.17, 15) is 9.59 Å². The van der Waals surface area contributed by atoms with Gasteiger partial charge in [-0.25, -0.2) is 0 Å². The summed E-state index contributed by atoms with van der Waals surface area (Å²) in [6.07, 6.45) is 1.71. The Balaban J connectivity index is 2.90. The van der Waals surface area contributed by atoms with E-state index in [1.807, 2.05) is 0 Å². The molecule has 0 saturated carbocycles. The Labute approximate surface area is 102 Å². The highest BCUT2D eigenvalue weighted by molar-refractivity contribution is 5.76. The molecule has 98 valence electrons. The maximum absolute atomic E-state index is 12.2. The first kappa shape index (κ1) is 14.0. The predicted molar refractivity (Wildman–Crippen MR) is 62.5 cm³/mol. The van der Waals surface area contributed by atoms with Gasteiger partial charge in [0.05, 0.1) is 20.2 Å². The molecular weight excluding hydrogens is 222 g/mol. The fraction of sp³-hybridized carbons (Fsp3) is 0.833. The van der Waals surface area contributed by atoms with Crippen LogP contribution in [-0.4, -0.2) is 42.5 Å². The van der Waals surface area contributed by atoms with Crippen LogP contribution >= 0.6 is 0 Å². The van der Waals surface area contributed by atoms with Gasteiger partial charge in [-0.3, -0.25) is 0 Å². The Kier molecular flexibility index (Phi) is 4.14. The minimum Gasteiger partial charge on any atom is -0.423 e. The van der Waals surface area contributed by atoms with Crippen molar-refractivity contribution in [1.29, 1.82) is 0 Å². The van der Waals surface area contributed by atoms with Crippen molar-refractivity contribution in [3.63, 3.8) is 0 Å². The van der Waals surface area contributed by atoms with E-state index in [0.717, 1.165) is 19.3 Å². The lowest BCUT2D eigenvalue weighted by Crippen LogP contribution is -2.60. The van der Waals surface area contributed by atoms with Gasteiger partial charge in [-0.15, -0.1) is 4.48 Å². The van der Waals surface area contributed by atoms with Crippen LogP contribution in [0.5, 0.6) is 0 Å². The van der Waals surface area contributed by atoms with Crippen molar-refractivity contribution in [3.05, 3.63) is 0 Å². The summed E-state index contributed by atoms with van der Waals surface area (Å²) in [6.45, 7) is 6.33. The zero-order valence-corrected chi connectivity index (χ0v) is 11.1. The van der Waals surface area contributed by atoms with E-state index >= 15 is 0 Å². The number of ether oxygens (including phenoxy) is 2. The molecule has 2 amide bonds. The zero-order valence-electron chi connectivity index (χ0n) is 11.1. The lowest BCUT2D eigenvalue weighted by atomic mass is 10.1. The Hall–Kier alpha value is -1.10. The second-order valence-electron chi connectivity index (χ2n) is 5.43. The van der Waals surface area contributed by atoms with Crippen molar-refractivity contribution in [3.8, 4) is 0 Å². The molecule has 0 bridgehead atoms. The van der Waals surface area contributed by atoms with E-state index < -0.39 is 17.8 Å². The van der Waals surface area contributed by atoms with Crippen LogP contribution in [-0.2, 0) is 9.47 Å². The Morgan fingerprint density at radius 3 is 1.94 bits per heavy atom. The first-order chi connectivity index (χ1) is 7.82. The SMILES string of the molecule is COC(=O)[N+]1(C(=O)OC(C)(C)C)CCCCC1. The normalized spacial score (nSPS) is 19.5. The van der Waals surface area contributed by atoms with E-state index in [1.54, 1.807) is 20.8 Å². The fourth-order valence-corrected chi connectivity index (χ4v) is 2.02. The molecule has 1 saturated heterocycles. The molecule has 0 unspecified atom stereocenters. The molecule has 0 N–H and O–H groups in total. The maximum atomic E-state index is 12.2. The predicted octanol–water partition coefficient (Wildman–Crippen LogP) is 2.69. The minimum absolute atomic E-state index is 0.326. The van der Waals surface area contributed by atoms with Crippen LogP contribution in [0.4, 0.5) is 9.59 Å². The van der Waals surface area contributed by atoms with Crippen molar-refractivity contribution in [1.82, 2.24) is 0 Å². The first-order valence-electron chi connectivity index (χ1n) is 6.01. The van der Waals surface area contributed by atoms with Gasteiger partial charge in [0, 0.05) is 0 Å². The number of piperidine rings is 1. The quantitative estimate of drug-likeness (QED) is 0.615. The number of rotatable bonds is 0. The van der Waals surface area contributed by atoms with Crippen LogP contribution in [0.2, 0.25) is 0 Å². The number of methoxy groups -OCH3 is 1. The van der Waals surface area contributed by atoms with Crippen LogP contribution in [0.3, 0.4) is 0 Å².